The summed E-state index contributed by atoms with van der Waals surface area (Å²) in [5, 5.41) is 7.72. The second-order valence-electron chi connectivity index (χ2n) is 7.48. The fourth-order valence-corrected chi connectivity index (χ4v) is 3.69. The molecule has 0 radical (unpaired) electrons. The average molecular weight is 532 g/mol. The monoisotopic (exact) mass is 532 g/mol. The molecule has 1 unspecified atom stereocenters. The summed E-state index contributed by atoms with van der Waals surface area (Å²) in [4.78, 5) is 11.2. The van der Waals surface area contributed by atoms with Gasteiger partial charge in [0.15, 0.2) is 11.8 Å². The summed E-state index contributed by atoms with van der Waals surface area (Å²) in [5.74, 6) is 2.27. The van der Waals surface area contributed by atoms with Crippen LogP contribution in [0.4, 0.5) is 0 Å². The van der Waals surface area contributed by atoms with E-state index < -0.39 is 0 Å². The molecule has 1 aliphatic heterocycles. The van der Waals surface area contributed by atoms with E-state index in [1.165, 1.54) is 5.56 Å². The van der Waals surface area contributed by atoms with E-state index in [0.29, 0.717) is 19.1 Å². The number of hydrogen-bond acceptors (Lipinski definition) is 4. The molecule has 1 aliphatic rings. The van der Waals surface area contributed by atoms with Crippen LogP contribution in [0, 0.1) is 5.92 Å². The van der Waals surface area contributed by atoms with Crippen LogP contribution in [0.2, 0.25) is 0 Å². The molecule has 0 aliphatic carbocycles. The van der Waals surface area contributed by atoms with Crippen LogP contribution in [0.15, 0.2) is 72.1 Å². The molecule has 0 amide bonds. The first-order valence-electron chi connectivity index (χ1n) is 10.3. The van der Waals surface area contributed by atoms with Crippen LogP contribution in [0.25, 0.3) is 5.82 Å². The van der Waals surface area contributed by atoms with Gasteiger partial charge in [-0.3, -0.25) is 4.99 Å². The van der Waals surface area contributed by atoms with Gasteiger partial charge in [0, 0.05) is 51.2 Å². The van der Waals surface area contributed by atoms with Crippen LogP contribution < -0.4 is 5.32 Å². The lowest BCUT2D eigenvalue weighted by atomic mass is 10.1. The zero-order valence-electron chi connectivity index (χ0n) is 17.7. The number of ether oxygens (including phenoxy) is 1. The number of nitrogens with one attached hydrogen (secondary N) is 1. The van der Waals surface area contributed by atoms with Crippen LogP contribution in [0.5, 0.6) is 0 Å². The minimum Gasteiger partial charge on any atom is -0.376 e. The molecule has 1 N–H and O–H groups in total. The molecule has 31 heavy (non-hydrogen) atoms. The first-order chi connectivity index (χ1) is 14.8. The molecular formula is C23H29IN6O. The molecular weight excluding hydrogens is 503 g/mol. The molecule has 164 valence electrons. The zero-order valence-corrected chi connectivity index (χ0v) is 20.1. The Morgan fingerprint density at radius 2 is 2.03 bits per heavy atom. The Balaban J connectivity index is 0.00000272. The van der Waals surface area contributed by atoms with Crippen molar-refractivity contribution in [2.45, 2.75) is 19.6 Å². The lowest BCUT2D eigenvalue weighted by Crippen LogP contribution is -2.39. The molecule has 1 saturated heterocycles. The number of aromatic nitrogens is 3. The number of hydrogen-bond donors (Lipinski definition) is 1. The highest BCUT2D eigenvalue weighted by molar-refractivity contribution is 14.0. The predicted octanol–water partition coefficient (Wildman–Crippen LogP) is 3.50. The maximum Gasteiger partial charge on any atom is 0.193 e. The van der Waals surface area contributed by atoms with E-state index >= 15 is 0 Å². The minimum absolute atomic E-state index is 0. The van der Waals surface area contributed by atoms with Crippen molar-refractivity contribution in [3.05, 3.63) is 78.2 Å². The number of guanidine groups is 1. The lowest BCUT2D eigenvalue weighted by Gasteiger charge is -2.22. The number of rotatable bonds is 7. The van der Waals surface area contributed by atoms with Crippen LogP contribution in [0.3, 0.4) is 0 Å². The van der Waals surface area contributed by atoms with Gasteiger partial charge >= 0.3 is 0 Å². The van der Waals surface area contributed by atoms with Crippen molar-refractivity contribution in [2.24, 2.45) is 10.9 Å². The van der Waals surface area contributed by atoms with E-state index in [1.807, 2.05) is 55.8 Å². The Morgan fingerprint density at radius 3 is 2.81 bits per heavy atom. The van der Waals surface area contributed by atoms with Gasteiger partial charge in [-0.1, -0.05) is 30.3 Å². The largest absolute Gasteiger partial charge is 0.376 e. The average Bonchev–Trinajstić information content (AvgIpc) is 3.48. The highest BCUT2D eigenvalue weighted by Crippen LogP contribution is 2.17. The van der Waals surface area contributed by atoms with Gasteiger partial charge in [0.25, 0.3) is 0 Å². The maximum atomic E-state index is 5.94. The Labute approximate surface area is 200 Å². The Hall–Kier alpha value is -2.46. The second-order valence-corrected chi connectivity index (χ2v) is 7.48. The van der Waals surface area contributed by atoms with E-state index in [2.05, 4.69) is 37.4 Å². The number of nitrogens with zero attached hydrogens (tertiary/aromatic N) is 5. The van der Waals surface area contributed by atoms with Gasteiger partial charge in [0.05, 0.1) is 13.2 Å². The fourth-order valence-electron chi connectivity index (χ4n) is 3.69. The molecule has 0 saturated carbocycles. The van der Waals surface area contributed by atoms with Crippen LogP contribution in [-0.4, -0.2) is 52.4 Å². The smallest absolute Gasteiger partial charge is 0.193 e. The normalized spacial score (nSPS) is 16.2. The molecule has 1 fully saturated rings. The highest BCUT2D eigenvalue weighted by Gasteiger charge is 2.25. The molecule has 8 heteroatoms. The molecule has 3 heterocycles. The third-order valence-corrected chi connectivity index (χ3v) is 5.26. The van der Waals surface area contributed by atoms with Gasteiger partial charge < -0.3 is 15.0 Å². The molecule has 1 atom stereocenters. The number of halogens is 1. The SMILES string of the molecule is CN=C(NCc1ccnc(-n2cccn2)c1)N1CCC(COCc2ccccc2)C1.I. The summed E-state index contributed by atoms with van der Waals surface area (Å²) in [6.45, 7) is 4.09. The topological polar surface area (TPSA) is 67.6 Å². The standard InChI is InChI=1S/C23H28N6O.HI/c1-24-23(26-15-20-8-11-25-22(14-20)29-12-5-10-27-29)28-13-9-21(16-28)18-30-17-19-6-3-2-4-7-19;/h2-8,10-12,14,21H,9,13,15-18H2,1H3,(H,24,26);1H. The Kier molecular flexibility index (Phi) is 8.84. The predicted molar refractivity (Wildman–Crippen MR) is 133 cm³/mol. The van der Waals surface area contributed by atoms with E-state index in [-0.39, 0.29) is 24.0 Å². The van der Waals surface area contributed by atoms with Crippen LogP contribution in [-0.2, 0) is 17.9 Å². The van der Waals surface area contributed by atoms with E-state index in [9.17, 15) is 0 Å². The van der Waals surface area contributed by atoms with Gasteiger partial charge in [-0.2, -0.15) is 5.10 Å². The van der Waals surface area contributed by atoms with E-state index in [0.717, 1.165) is 43.5 Å². The van der Waals surface area contributed by atoms with Crippen LogP contribution in [0.1, 0.15) is 17.5 Å². The number of pyridine rings is 1. The minimum atomic E-state index is 0. The zero-order chi connectivity index (χ0) is 20.6. The Bertz CT molecular complexity index is 948. The van der Waals surface area contributed by atoms with Gasteiger partial charge in [-0.25, -0.2) is 9.67 Å². The van der Waals surface area contributed by atoms with E-state index in [1.54, 1.807) is 10.9 Å². The maximum absolute atomic E-state index is 5.94. The summed E-state index contributed by atoms with van der Waals surface area (Å²) in [6, 6.07) is 16.3. The first kappa shape index (κ1) is 23.2. The van der Waals surface area contributed by atoms with E-state index in [4.69, 9.17) is 4.74 Å². The van der Waals surface area contributed by atoms with Crippen LogP contribution >= 0.6 is 24.0 Å². The summed E-state index contributed by atoms with van der Waals surface area (Å²) in [5.41, 5.74) is 2.36. The van der Waals surface area contributed by atoms with Crippen molar-refractivity contribution in [1.29, 1.82) is 0 Å². The summed E-state index contributed by atoms with van der Waals surface area (Å²) < 4.78 is 7.70. The number of likely N-dealkylation sites (tertiary alicyclic amines) is 1. The highest BCUT2D eigenvalue weighted by atomic mass is 127. The summed E-state index contributed by atoms with van der Waals surface area (Å²) in [6.07, 6.45) is 6.57. The molecule has 7 nitrogen and oxygen atoms in total. The van der Waals surface area contributed by atoms with Crippen molar-refractivity contribution < 1.29 is 4.74 Å². The van der Waals surface area contributed by atoms with Crippen molar-refractivity contribution in [3.63, 3.8) is 0 Å². The van der Waals surface area contributed by atoms with Crippen molar-refractivity contribution in [2.75, 3.05) is 26.7 Å². The summed E-state index contributed by atoms with van der Waals surface area (Å²) in [7, 11) is 1.84. The number of benzene rings is 1. The molecule has 3 aromatic rings. The lowest BCUT2D eigenvalue weighted by molar-refractivity contribution is 0.0906. The molecule has 2 aromatic heterocycles. The van der Waals surface area contributed by atoms with Gasteiger partial charge in [-0.05, 0) is 35.7 Å². The van der Waals surface area contributed by atoms with Crippen molar-refractivity contribution in [3.8, 4) is 5.82 Å². The number of aliphatic imine (C=N–C) groups is 1. The molecule has 4 rings (SSSR count). The fraction of sp³-hybridized carbons (Fsp3) is 0.348. The molecule has 1 aromatic carbocycles. The molecule has 0 bridgehead atoms. The first-order valence-corrected chi connectivity index (χ1v) is 10.3. The van der Waals surface area contributed by atoms with Gasteiger partial charge in [0.2, 0.25) is 0 Å². The second kappa shape index (κ2) is 11.8. The van der Waals surface area contributed by atoms with Crippen molar-refractivity contribution >= 4 is 29.9 Å². The van der Waals surface area contributed by atoms with Gasteiger partial charge in [-0.15, -0.1) is 24.0 Å². The molecule has 0 spiro atoms. The quantitative estimate of drug-likeness (QED) is 0.287. The third-order valence-electron chi connectivity index (χ3n) is 5.26. The third kappa shape index (κ3) is 6.51. The Morgan fingerprint density at radius 1 is 1.16 bits per heavy atom. The van der Waals surface area contributed by atoms with Crippen molar-refractivity contribution in [1.82, 2.24) is 25.0 Å². The van der Waals surface area contributed by atoms with Gasteiger partial charge in [0.1, 0.15) is 0 Å². The summed E-state index contributed by atoms with van der Waals surface area (Å²) >= 11 is 0.